The minimum Gasteiger partial charge on any atom is -0.497 e. The number of methoxy groups -OCH3 is 1. The average molecular weight is 861 g/mol. The predicted molar refractivity (Wildman–Crippen MR) is 244 cm³/mol. The second kappa shape index (κ2) is 18.3. The average Bonchev–Trinajstić information content (AvgIpc) is 3.51. The zero-order chi connectivity index (χ0) is 42.7. The van der Waals surface area contributed by atoms with Crippen molar-refractivity contribution in [2.45, 2.75) is 108 Å². The Hall–Kier alpha value is -4.83. The molecule has 10 nitrogen and oxygen atoms in total. The number of Topliss-reactive ketones (excluding diaryl/α,β-unsaturated/α-hetero) is 1. The van der Waals surface area contributed by atoms with Crippen LogP contribution in [0.15, 0.2) is 96.4 Å². The highest BCUT2D eigenvalue weighted by Crippen LogP contribution is 2.74. The first-order valence-electron chi connectivity index (χ1n) is 21.7. The van der Waals surface area contributed by atoms with Crippen molar-refractivity contribution in [3.05, 3.63) is 113 Å². The summed E-state index contributed by atoms with van der Waals surface area (Å²) in [6.07, 6.45) is 9.29. The summed E-state index contributed by atoms with van der Waals surface area (Å²) in [6.45, 7) is 6.40. The molecular weight excluding hydrogens is 804 g/mol. The number of anilines is 1. The second-order valence-electron chi connectivity index (χ2n) is 17.6. The van der Waals surface area contributed by atoms with Crippen LogP contribution in [0.3, 0.4) is 0 Å². The summed E-state index contributed by atoms with van der Waals surface area (Å²) in [5, 5.41) is 5.81. The standard InChI is InChI=1S/C49H57N4O6PS/c1-32(2)50-48-52-43(31-61-48)42-26-46(40-22-21-38(58-4)24-41(40)51-42)59-39-25-44-45(54)28-49(60(56,57)30-35-13-9-8-10-14-35)27-37(49)16-12-7-5-6-11-15-36(47(55)53(44)29-39)23-34-19-17-33(3)18-20-34/h8-10,12-14,16-22,24,26,31-32,36-37,39,44H,5-7,11,15,23,25,27-30H2,1-4H3,(H,50,52)(H,56,57)/b16-12-/t36-,37+,39-,44+,49-/m1/s1. The van der Waals surface area contributed by atoms with E-state index in [1.807, 2.05) is 60.0 Å². The van der Waals surface area contributed by atoms with Crippen LogP contribution in [0.4, 0.5) is 5.13 Å². The Balaban J connectivity index is 1.15. The van der Waals surface area contributed by atoms with Crippen LogP contribution < -0.4 is 14.8 Å². The van der Waals surface area contributed by atoms with Gasteiger partial charge in [-0.3, -0.25) is 14.2 Å². The summed E-state index contributed by atoms with van der Waals surface area (Å²) in [7, 11) is -2.27. The van der Waals surface area contributed by atoms with E-state index in [0.717, 1.165) is 52.9 Å². The molecule has 1 saturated carbocycles. The third kappa shape index (κ3) is 9.64. The minimum atomic E-state index is -3.89. The topological polar surface area (TPSA) is 131 Å². The molecule has 1 amide bonds. The van der Waals surface area contributed by atoms with Crippen molar-refractivity contribution in [2.24, 2.45) is 11.8 Å². The van der Waals surface area contributed by atoms with E-state index in [0.29, 0.717) is 47.7 Å². The number of carbonyl (C=O) groups is 2. The Morgan fingerprint density at radius 2 is 1.79 bits per heavy atom. The van der Waals surface area contributed by atoms with E-state index in [9.17, 15) is 14.3 Å². The van der Waals surface area contributed by atoms with Gasteiger partial charge in [0.05, 0.1) is 42.2 Å². The number of allylic oxidation sites excluding steroid dienone is 2. The molecule has 5 aromatic rings. The molecule has 2 aliphatic heterocycles. The second-order valence-corrected chi connectivity index (χ2v) is 21.0. The van der Waals surface area contributed by atoms with Gasteiger partial charge in [0, 0.05) is 47.7 Å². The van der Waals surface area contributed by atoms with Crippen molar-refractivity contribution in [1.82, 2.24) is 14.9 Å². The Labute approximate surface area is 363 Å². The maximum atomic E-state index is 15.1. The van der Waals surface area contributed by atoms with E-state index in [-0.39, 0.29) is 55.1 Å². The molecule has 1 aliphatic carbocycles. The van der Waals surface area contributed by atoms with E-state index < -0.39 is 24.7 Å². The van der Waals surface area contributed by atoms with Gasteiger partial charge in [0.2, 0.25) is 13.3 Å². The maximum absolute atomic E-state index is 15.1. The fraction of sp³-hybridized carbons (Fsp3) is 0.429. The number of fused-ring (bicyclic) bond motifs is 3. The molecule has 8 rings (SSSR count). The van der Waals surface area contributed by atoms with Gasteiger partial charge in [-0.2, -0.15) is 0 Å². The third-order valence-electron chi connectivity index (χ3n) is 12.6. The van der Waals surface area contributed by atoms with Crippen LogP contribution in [0.5, 0.6) is 11.5 Å². The number of carbonyl (C=O) groups excluding carboxylic acids is 2. The first-order chi connectivity index (χ1) is 29.4. The molecule has 2 N–H and O–H groups in total. The summed E-state index contributed by atoms with van der Waals surface area (Å²) in [5.41, 5.74) is 5.02. The Bertz CT molecular complexity index is 2440. The molecule has 61 heavy (non-hydrogen) atoms. The van der Waals surface area contributed by atoms with Crippen molar-refractivity contribution >= 4 is 46.4 Å². The monoisotopic (exact) mass is 860 g/mol. The zero-order valence-electron chi connectivity index (χ0n) is 35.6. The van der Waals surface area contributed by atoms with Crippen LogP contribution in [0.2, 0.25) is 0 Å². The summed E-state index contributed by atoms with van der Waals surface area (Å²) in [4.78, 5) is 53.5. The normalized spacial score (nSPS) is 24.9. The molecule has 3 aliphatic rings. The number of rotatable bonds is 11. The number of ether oxygens (including phenoxy) is 2. The summed E-state index contributed by atoms with van der Waals surface area (Å²) < 4.78 is 27.1. The van der Waals surface area contributed by atoms with Crippen LogP contribution in [0, 0.1) is 18.8 Å². The van der Waals surface area contributed by atoms with Gasteiger partial charge in [0.15, 0.2) is 10.9 Å². The highest BCUT2D eigenvalue weighted by atomic mass is 32.1. The highest BCUT2D eigenvalue weighted by Gasteiger charge is 2.65. The number of nitrogens with zero attached hydrogens (tertiary/aromatic N) is 3. The molecule has 12 heteroatoms. The van der Waals surface area contributed by atoms with E-state index >= 15 is 4.79 Å². The fourth-order valence-corrected chi connectivity index (χ4v) is 12.6. The minimum absolute atomic E-state index is 0.000615. The number of amides is 1. The molecule has 320 valence electrons. The molecule has 1 unspecified atom stereocenters. The number of benzene rings is 3. The lowest BCUT2D eigenvalue weighted by molar-refractivity contribution is -0.141. The molecule has 2 aromatic heterocycles. The lowest BCUT2D eigenvalue weighted by Crippen LogP contribution is -2.45. The van der Waals surface area contributed by atoms with Crippen molar-refractivity contribution in [3.63, 3.8) is 0 Å². The van der Waals surface area contributed by atoms with E-state index in [1.165, 1.54) is 11.3 Å². The SMILES string of the molecule is COc1ccc2c(O[C@@H]3C[C@H]4C(=O)C[C@]5(P(=O)(O)Cc6ccccc6)C[C@@H]5/C=C\CCCCC[C@H](Cc5ccc(C)cc5)C(=O)N4C3)cc(-c3csc(NC(C)C)n3)nc2c1. The number of aromatic nitrogens is 2. The molecule has 6 atom stereocenters. The predicted octanol–water partition coefficient (Wildman–Crippen LogP) is 10.4. The van der Waals surface area contributed by atoms with Crippen LogP contribution >= 0.6 is 18.7 Å². The van der Waals surface area contributed by atoms with Gasteiger partial charge < -0.3 is 24.6 Å². The van der Waals surface area contributed by atoms with Crippen LogP contribution in [-0.4, -0.2) is 68.4 Å². The lowest BCUT2D eigenvalue weighted by Gasteiger charge is -2.30. The molecule has 3 aromatic carbocycles. The number of ketones is 1. The lowest BCUT2D eigenvalue weighted by atomic mass is 9.91. The molecule has 1 saturated heterocycles. The van der Waals surface area contributed by atoms with Gasteiger partial charge >= 0.3 is 0 Å². The molecule has 0 spiro atoms. The van der Waals surface area contributed by atoms with Gasteiger partial charge in [0.1, 0.15) is 23.3 Å². The van der Waals surface area contributed by atoms with Crippen molar-refractivity contribution < 1.29 is 28.5 Å². The van der Waals surface area contributed by atoms with Crippen LogP contribution in [0.25, 0.3) is 22.3 Å². The number of hydrogen-bond acceptors (Lipinski definition) is 9. The van der Waals surface area contributed by atoms with Gasteiger partial charge in [-0.25, -0.2) is 9.97 Å². The molecule has 4 heterocycles. The van der Waals surface area contributed by atoms with Gasteiger partial charge in [-0.15, -0.1) is 11.3 Å². The van der Waals surface area contributed by atoms with Crippen molar-refractivity contribution in [1.29, 1.82) is 0 Å². The van der Waals surface area contributed by atoms with Crippen molar-refractivity contribution in [3.8, 4) is 22.9 Å². The molecular formula is C49H57N4O6PS. The van der Waals surface area contributed by atoms with E-state index in [2.05, 4.69) is 62.5 Å². The Kier molecular flexibility index (Phi) is 12.8. The van der Waals surface area contributed by atoms with Gasteiger partial charge in [0.25, 0.3) is 0 Å². The van der Waals surface area contributed by atoms with Crippen LogP contribution in [0.1, 0.15) is 81.9 Å². The largest absolute Gasteiger partial charge is 0.497 e. The van der Waals surface area contributed by atoms with Crippen LogP contribution in [-0.2, 0) is 26.7 Å². The summed E-state index contributed by atoms with van der Waals surface area (Å²) in [6, 6.07) is 24.7. The number of hydrogen-bond donors (Lipinski definition) is 2. The Morgan fingerprint density at radius 3 is 2.56 bits per heavy atom. The number of pyridine rings is 1. The van der Waals surface area contributed by atoms with E-state index in [4.69, 9.17) is 19.4 Å². The summed E-state index contributed by atoms with van der Waals surface area (Å²) in [5.74, 6) is 0.466. The smallest absolute Gasteiger partial charge is 0.226 e. The van der Waals surface area contributed by atoms with Crippen molar-refractivity contribution in [2.75, 3.05) is 19.0 Å². The number of aryl methyl sites for hydroxylation is 1. The first-order valence-corrected chi connectivity index (χ1v) is 24.4. The quantitative estimate of drug-likeness (QED) is 0.0984. The summed E-state index contributed by atoms with van der Waals surface area (Å²) >= 11 is 1.51. The maximum Gasteiger partial charge on any atom is 0.226 e. The molecule has 0 bridgehead atoms. The molecule has 2 fully saturated rings. The van der Waals surface area contributed by atoms with Gasteiger partial charge in [-0.05, 0) is 82.1 Å². The molecule has 0 radical (unpaired) electrons. The van der Waals surface area contributed by atoms with Gasteiger partial charge in [-0.1, -0.05) is 85.2 Å². The highest BCUT2D eigenvalue weighted by molar-refractivity contribution is 7.59. The number of thiazole rings is 1. The third-order valence-corrected chi connectivity index (χ3v) is 16.3. The Morgan fingerprint density at radius 1 is 0.984 bits per heavy atom. The first kappa shape index (κ1) is 42.8. The fourth-order valence-electron chi connectivity index (χ4n) is 9.20. The zero-order valence-corrected chi connectivity index (χ0v) is 37.3. The number of nitrogens with one attached hydrogen (secondary N) is 1. The van der Waals surface area contributed by atoms with E-state index in [1.54, 1.807) is 12.0 Å².